The fourth-order valence-electron chi connectivity index (χ4n) is 4.08. The molecule has 4 aromatic heterocycles. The minimum Gasteiger partial charge on any atom is -0.397 e. The van der Waals surface area contributed by atoms with Gasteiger partial charge in [0.2, 0.25) is 11.9 Å². The van der Waals surface area contributed by atoms with Crippen molar-refractivity contribution >= 4 is 28.8 Å². The number of anilines is 1. The van der Waals surface area contributed by atoms with E-state index in [1.54, 1.807) is 23.2 Å². The topological polar surface area (TPSA) is 128 Å². The predicted molar refractivity (Wildman–Crippen MR) is 138 cm³/mol. The van der Waals surface area contributed by atoms with Crippen LogP contribution < -0.4 is 5.32 Å². The molecule has 5 rings (SSSR count). The van der Waals surface area contributed by atoms with Crippen LogP contribution in [0.25, 0.3) is 22.0 Å². The molecule has 2 N–H and O–H groups in total. The maximum atomic E-state index is 14.6. The molecule has 0 aromatic carbocycles. The molecule has 1 aliphatic rings. The number of rotatable bonds is 5. The third-order valence-electron chi connectivity index (χ3n) is 5.85. The molecule has 0 saturated heterocycles. The largest absolute Gasteiger partial charge is 0.397 e. The maximum Gasteiger partial charge on any atom is 0.275 e. The Balaban J connectivity index is 0.00000107. The van der Waals surface area contributed by atoms with E-state index >= 15 is 0 Å². The monoisotopic (exact) mass is 543 g/mol. The van der Waals surface area contributed by atoms with Gasteiger partial charge in [0.1, 0.15) is 22.1 Å². The summed E-state index contributed by atoms with van der Waals surface area (Å²) in [4.78, 5) is 32.5. The highest BCUT2D eigenvalue weighted by Gasteiger charge is 2.24. The summed E-state index contributed by atoms with van der Waals surface area (Å²) in [7, 11) is 0. The van der Waals surface area contributed by atoms with E-state index in [1.165, 1.54) is 35.3 Å². The van der Waals surface area contributed by atoms with Crippen LogP contribution >= 0.6 is 11.3 Å². The van der Waals surface area contributed by atoms with E-state index in [0.29, 0.717) is 10.6 Å². The predicted octanol–water partition coefficient (Wildman–Crippen LogP) is 4.96. The number of hydrogen-bond acceptors (Lipinski definition) is 8. The summed E-state index contributed by atoms with van der Waals surface area (Å²) in [5, 5.41) is 20.9. The lowest BCUT2D eigenvalue weighted by atomic mass is 9.96. The maximum absolute atomic E-state index is 14.6. The average molecular weight is 544 g/mol. The molecular weight excluding hydrogens is 516 g/mol. The minimum absolute atomic E-state index is 0.0547. The lowest BCUT2D eigenvalue weighted by Gasteiger charge is -2.21. The number of pyridine rings is 1. The minimum atomic E-state index is -0.846. The number of aliphatic hydroxyl groups excluding tert-OH is 1. The highest BCUT2D eigenvalue weighted by atomic mass is 32.1. The van der Waals surface area contributed by atoms with Crippen LogP contribution in [0.3, 0.4) is 0 Å². The molecular formula is C25H27F2N7O3S. The second-order valence-corrected chi connectivity index (χ2v) is 9.49. The number of nitrogens with one attached hydrogen (secondary N) is 1. The Morgan fingerprint density at radius 2 is 1.87 bits per heavy atom. The molecule has 4 heterocycles. The second kappa shape index (κ2) is 12.1. The number of aromatic nitrogens is 6. The van der Waals surface area contributed by atoms with Crippen molar-refractivity contribution in [1.29, 1.82) is 0 Å². The van der Waals surface area contributed by atoms with Crippen LogP contribution in [-0.4, -0.2) is 53.1 Å². The van der Waals surface area contributed by atoms with Gasteiger partial charge in [0, 0.05) is 36.9 Å². The van der Waals surface area contributed by atoms with E-state index in [4.69, 9.17) is 5.11 Å². The summed E-state index contributed by atoms with van der Waals surface area (Å²) >= 11 is 1.22. The van der Waals surface area contributed by atoms with Crippen molar-refractivity contribution in [2.24, 2.45) is 0 Å². The van der Waals surface area contributed by atoms with Crippen molar-refractivity contribution in [2.45, 2.75) is 52.0 Å². The molecule has 0 bridgehead atoms. The summed E-state index contributed by atoms with van der Waals surface area (Å²) in [6.07, 6.45) is 9.74. The molecule has 0 radical (unpaired) electrons. The van der Waals surface area contributed by atoms with Gasteiger partial charge in [-0.15, -0.1) is 11.3 Å². The van der Waals surface area contributed by atoms with E-state index < -0.39 is 17.7 Å². The molecule has 13 heteroatoms. The van der Waals surface area contributed by atoms with Crippen LogP contribution in [0.4, 0.5) is 14.5 Å². The van der Waals surface area contributed by atoms with Crippen LogP contribution in [0, 0.1) is 11.8 Å². The zero-order valence-corrected chi connectivity index (χ0v) is 21.7. The third-order valence-corrected chi connectivity index (χ3v) is 6.75. The van der Waals surface area contributed by atoms with Crippen LogP contribution in [0.15, 0.2) is 36.1 Å². The number of carbonyl (C=O) groups is 2. The number of thiazole rings is 1. The molecule has 0 spiro atoms. The van der Waals surface area contributed by atoms with Gasteiger partial charge in [0.05, 0.1) is 17.9 Å². The fourth-order valence-corrected chi connectivity index (χ4v) is 4.85. The first-order valence-corrected chi connectivity index (χ1v) is 13.0. The highest BCUT2D eigenvalue weighted by Crippen LogP contribution is 2.34. The Hall–Kier alpha value is -3.84. The lowest BCUT2D eigenvalue weighted by Crippen LogP contribution is -2.14. The van der Waals surface area contributed by atoms with Gasteiger partial charge in [0.15, 0.2) is 5.82 Å². The molecule has 0 unspecified atom stereocenters. The Kier molecular flexibility index (Phi) is 8.69. The second-order valence-electron chi connectivity index (χ2n) is 8.63. The van der Waals surface area contributed by atoms with Gasteiger partial charge in [-0.25, -0.2) is 19.0 Å². The first-order chi connectivity index (χ1) is 18.3. The summed E-state index contributed by atoms with van der Waals surface area (Å²) < 4.78 is 31.3. The first kappa shape index (κ1) is 27.2. The number of carbonyl (C=O) groups excluding carboxylic acids is 2. The number of halogens is 2. The van der Waals surface area contributed by atoms with Crippen molar-refractivity contribution in [3.8, 4) is 22.0 Å². The number of aliphatic hydroxyl groups is 1. The van der Waals surface area contributed by atoms with Gasteiger partial charge in [-0.05, 0) is 31.9 Å². The molecule has 38 heavy (non-hydrogen) atoms. The zero-order chi connectivity index (χ0) is 27.2. The highest BCUT2D eigenvalue weighted by molar-refractivity contribution is 7.13. The summed E-state index contributed by atoms with van der Waals surface area (Å²) in [6.45, 7) is 3.32. The third kappa shape index (κ3) is 6.17. The van der Waals surface area contributed by atoms with Crippen LogP contribution in [0.5, 0.6) is 0 Å². The van der Waals surface area contributed by atoms with Gasteiger partial charge in [-0.3, -0.25) is 14.3 Å². The number of nitrogens with zero attached hydrogens (tertiary/aromatic N) is 6. The van der Waals surface area contributed by atoms with Crippen molar-refractivity contribution in [1.82, 2.24) is 29.5 Å². The van der Waals surface area contributed by atoms with Gasteiger partial charge in [-0.1, -0.05) is 19.3 Å². The van der Waals surface area contributed by atoms with Crippen LogP contribution in [0.2, 0.25) is 0 Å². The molecule has 1 aliphatic carbocycles. The first-order valence-electron chi connectivity index (χ1n) is 12.2. The smallest absolute Gasteiger partial charge is 0.275 e. The van der Waals surface area contributed by atoms with Gasteiger partial charge in [0.25, 0.3) is 5.91 Å². The van der Waals surface area contributed by atoms with E-state index in [2.05, 4.69) is 25.5 Å². The van der Waals surface area contributed by atoms with Crippen molar-refractivity contribution in [2.75, 3.05) is 11.9 Å². The Bertz CT molecular complexity index is 1430. The average Bonchev–Trinajstić information content (AvgIpc) is 3.66. The van der Waals surface area contributed by atoms with Crippen molar-refractivity contribution < 1.29 is 23.5 Å². The van der Waals surface area contributed by atoms with E-state index in [1.807, 2.05) is 0 Å². The molecule has 1 amide bonds. The standard InChI is InChI=1S/C23H21F2N7O2S.C2H6O/c1-13(33)31-10-14(9-26-31)23-28-18(12-35-23)22(34)27-17-11-32(15-5-3-2-4-6-15)30-21(17)20-16(24)7-8-19(25)29-20;1-2-3/h7-12,15H,2-6H2,1H3,(H,27,34);3H,2H2,1H3. The quantitative estimate of drug-likeness (QED) is 0.341. The Labute approximate surface area is 221 Å². The summed E-state index contributed by atoms with van der Waals surface area (Å²) in [5.41, 5.74) is 0.729. The zero-order valence-electron chi connectivity index (χ0n) is 20.9. The molecule has 0 atom stereocenters. The number of hydrogen-bond donors (Lipinski definition) is 2. The summed E-state index contributed by atoms with van der Waals surface area (Å²) in [6, 6.07) is 2.02. The molecule has 4 aromatic rings. The normalized spacial score (nSPS) is 13.6. The Morgan fingerprint density at radius 3 is 2.55 bits per heavy atom. The Morgan fingerprint density at radius 1 is 1.13 bits per heavy atom. The molecule has 0 aliphatic heterocycles. The molecule has 1 fully saturated rings. The number of amides is 1. The molecule has 10 nitrogen and oxygen atoms in total. The van der Waals surface area contributed by atoms with Gasteiger partial charge < -0.3 is 10.4 Å². The van der Waals surface area contributed by atoms with E-state index in [9.17, 15) is 18.4 Å². The van der Waals surface area contributed by atoms with Crippen LogP contribution in [-0.2, 0) is 0 Å². The molecule has 200 valence electrons. The van der Waals surface area contributed by atoms with E-state index in [0.717, 1.165) is 44.2 Å². The van der Waals surface area contributed by atoms with Crippen molar-refractivity contribution in [3.05, 3.63) is 53.6 Å². The fraction of sp³-hybridized carbons (Fsp3) is 0.360. The van der Waals surface area contributed by atoms with Crippen molar-refractivity contribution in [3.63, 3.8) is 0 Å². The molecule has 1 saturated carbocycles. The van der Waals surface area contributed by atoms with Gasteiger partial charge >= 0.3 is 0 Å². The van der Waals surface area contributed by atoms with Crippen LogP contribution in [0.1, 0.15) is 67.3 Å². The van der Waals surface area contributed by atoms with Gasteiger partial charge in [-0.2, -0.15) is 14.6 Å². The van der Waals surface area contributed by atoms with E-state index in [-0.39, 0.29) is 41.3 Å². The SMILES string of the molecule is CC(=O)n1cc(-c2nc(C(=O)Nc3cn(C4CCCCC4)nc3-c3nc(F)ccc3F)cs2)cn1.CCO. The lowest BCUT2D eigenvalue weighted by molar-refractivity contribution is 0.0920. The summed E-state index contributed by atoms with van der Waals surface area (Å²) in [5.74, 6) is -2.37.